The van der Waals surface area contributed by atoms with Crippen LogP contribution in [0.25, 0.3) is 10.2 Å². The third kappa shape index (κ3) is 4.26. The van der Waals surface area contributed by atoms with E-state index in [0.717, 1.165) is 15.8 Å². The van der Waals surface area contributed by atoms with Gasteiger partial charge in [0, 0.05) is 17.9 Å². The van der Waals surface area contributed by atoms with E-state index in [1.165, 1.54) is 29.2 Å². The van der Waals surface area contributed by atoms with Crippen LogP contribution in [0.2, 0.25) is 0 Å². The van der Waals surface area contributed by atoms with E-state index in [4.69, 9.17) is 0 Å². The van der Waals surface area contributed by atoms with Crippen molar-refractivity contribution in [2.45, 2.75) is 17.3 Å². The number of thioether (sulfide) groups is 1. The Morgan fingerprint density at radius 1 is 1.10 bits per heavy atom. The number of rotatable bonds is 7. The third-order valence-electron chi connectivity index (χ3n) is 4.40. The number of hydrogen-bond donors (Lipinski definition) is 2. The quantitative estimate of drug-likeness (QED) is 0.354. The Bertz CT molecular complexity index is 1160. The zero-order valence-corrected chi connectivity index (χ0v) is 16.9. The van der Waals surface area contributed by atoms with Crippen LogP contribution in [0.15, 0.2) is 71.1 Å². The highest BCUT2D eigenvalue weighted by atomic mass is 32.2. The topological polar surface area (TPSA) is 62.2 Å². The number of anilines is 1. The van der Waals surface area contributed by atoms with Crippen molar-refractivity contribution in [2.75, 3.05) is 5.32 Å². The van der Waals surface area contributed by atoms with Crippen LogP contribution in [-0.4, -0.2) is 16.1 Å². The Morgan fingerprint density at radius 3 is 2.62 bits per heavy atom. The number of carbonyl (C=O) groups is 1. The van der Waals surface area contributed by atoms with Crippen molar-refractivity contribution in [2.24, 2.45) is 0 Å². The first-order valence-corrected chi connectivity index (χ1v) is 10.8. The summed E-state index contributed by atoms with van der Waals surface area (Å²) in [5.74, 6) is -0.775. The maximum Gasteiger partial charge on any atom is 0.340 e. The lowest BCUT2D eigenvalue weighted by atomic mass is 10.1. The van der Waals surface area contributed by atoms with Crippen LogP contribution in [0.4, 0.5) is 10.1 Å². The Hall–Kier alpha value is -2.90. The third-order valence-corrected chi connectivity index (χ3v) is 6.37. The van der Waals surface area contributed by atoms with Gasteiger partial charge in [0.1, 0.15) is 16.4 Å². The van der Waals surface area contributed by atoms with E-state index in [2.05, 4.69) is 10.3 Å². The molecule has 0 unspecified atom stereocenters. The molecule has 2 aromatic heterocycles. The molecule has 29 heavy (non-hydrogen) atoms. The monoisotopic (exact) mass is 424 g/mol. The van der Waals surface area contributed by atoms with Gasteiger partial charge in [-0.1, -0.05) is 48.5 Å². The number of nitrogens with zero attached hydrogens (tertiary/aromatic N) is 1. The van der Waals surface area contributed by atoms with Crippen molar-refractivity contribution in [1.82, 2.24) is 4.98 Å². The van der Waals surface area contributed by atoms with Crippen LogP contribution in [0.3, 0.4) is 0 Å². The van der Waals surface area contributed by atoms with Crippen LogP contribution in [0.5, 0.6) is 0 Å². The highest BCUT2D eigenvalue weighted by molar-refractivity contribution is 7.98. The molecule has 0 amide bonds. The summed E-state index contributed by atoms with van der Waals surface area (Å²) in [6.45, 7) is 0.187. The zero-order chi connectivity index (χ0) is 20.2. The number of carboxylic acids is 1. The summed E-state index contributed by atoms with van der Waals surface area (Å²) in [5.41, 5.74) is 2.89. The molecule has 0 bridgehead atoms. The van der Waals surface area contributed by atoms with Gasteiger partial charge in [0.2, 0.25) is 0 Å². The molecule has 0 fully saturated rings. The molecule has 0 aliphatic heterocycles. The number of hydrogen-bond acceptors (Lipinski definition) is 5. The number of aromatic nitrogens is 1. The number of pyridine rings is 1. The van der Waals surface area contributed by atoms with Crippen LogP contribution in [-0.2, 0) is 12.3 Å². The fourth-order valence-corrected chi connectivity index (χ4v) is 4.84. The van der Waals surface area contributed by atoms with E-state index in [1.807, 2.05) is 41.8 Å². The molecule has 4 aromatic rings. The minimum Gasteiger partial charge on any atom is -0.478 e. The maximum absolute atomic E-state index is 14.0. The molecule has 2 aromatic carbocycles. The van der Waals surface area contributed by atoms with Crippen LogP contribution >= 0.6 is 23.1 Å². The number of aromatic carboxylic acids is 1. The standard InChI is InChI=1S/C22H17FN2O2S2/c23-16-9-5-4-8-15(16)12-24-19-18(22(26)27)21(25-17-10-11-28-20(17)19)29-13-14-6-2-1-3-7-14/h1-11H,12-13H2,(H,24,25)(H,26,27). The highest BCUT2D eigenvalue weighted by Crippen LogP contribution is 2.37. The van der Waals surface area contributed by atoms with E-state index < -0.39 is 5.97 Å². The SMILES string of the molecule is O=C(O)c1c(SCc2ccccc2)nc2ccsc2c1NCc1ccccc1F. The predicted octanol–water partition coefficient (Wildman–Crippen LogP) is 6.04. The highest BCUT2D eigenvalue weighted by Gasteiger charge is 2.22. The van der Waals surface area contributed by atoms with Crippen molar-refractivity contribution in [3.8, 4) is 0 Å². The Morgan fingerprint density at radius 2 is 1.86 bits per heavy atom. The van der Waals surface area contributed by atoms with E-state index in [9.17, 15) is 14.3 Å². The van der Waals surface area contributed by atoms with Gasteiger partial charge in [-0.2, -0.15) is 0 Å². The van der Waals surface area contributed by atoms with Gasteiger partial charge < -0.3 is 10.4 Å². The fraction of sp³-hybridized carbons (Fsp3) is 0.0909. The van der Waals surface area contributed by atoms with Crippen LogP contribution in [0.1, 0.15) is 21.5 Å². The van der Waals surface area contributed by atoms with Crippen molar-refractivity contribution in [1.29, 1.82) is 0 Å². The normalized spacial score (nSPS) is 10.9. The summed E-state index contributed by atoms with van der Waals surface area (Å²) in [4.78, 5) is 16.7. The lowest BCUT2D eigenvalue weighted by molar-refractivity contribution is 0.0693. The van der Waals surface area contributed by atoms with Crippen LogP contribution < -0.4 is 5.32 Å². The van der Waals surface area contributed by atoms with Gasteiger partial charge in [0.05, 0.1) is 15.9 Å². The first-order chi connectivity index (χ1) is 14.1. The van der Waals surface area contributed by atoms with E-state index in [-0.39, 0.29) is 17.9 Å². The summed E-state index contributed by atoms with van der Waals surface area (Å²) < 4.78 is 14.8. The number of thiophene rings is 1. The van der Waals surface area contributed by atoms with Crippen molar-refractivity contribution in [3.05, 3.63) is 88.6 Å². The molecule has 0 saturated heterocycles. The molecule has 2 heterocycles. The van der Waals surface area contributed by atoms with E-state index >= 15 is 0 Å². The van der Waals surface area contributed by atoms with E-state index in [0.29, 0.717) is 22.0 Å². The van der Waals surface area contributed by atoms with E-state index in [1.54, 1.807) is 18.2 Å². The maximum atomic E-state index is 14.0. The molecule has 0 spiro atoms. The van der Waals surface area contributed by atoms with Crippen LogP contribution in [0, 0.1) is 5.82 Å². The number of benzene rings is 2. The average Bonchev–Trinajstić information content (AvgIpc) is 3.20. The zero-order valence-electron chi connectivity index (χ0n) is 15.3. The second-order valence-electron chi connectivity index (χ2n) is 6.33. The molecule has 0 radical (unpaired) electrons. The Kier molecular flexibility index (Phi) is 5.78. The number of carboxylic acid groups (broad SMARTS) is 1. The van der Waals surface area contributed by atoms with Gasteiger partial charge in [-0.25, -0.2) is 14.2 Å². The minimum absolute atomic E-state index is 0.122. The van der Waals surface area contributed by atoms with Gasteiger partial charge in [-0.15, -0.1) is 23.1 Å². The lowest BCUT2D eigenvalue weighted by Crippen LogP contribution is -2.10. The molecule has 0 atom stereocenters. The molecule has 0 aliphatic carbocycles. The van der Waals surface area contributed by atoms with Gasteiger partial charge >= 0.3 is 5.97 Å². The number of nitrogens with one attached hydrogen (secondary N) is 1. The molecule has 2 N–H and O–H groups in total. The molecular weight excluding hydrogens is 407 g/mol. The summed E-state index contributed by atoms with van der Waals surface area (Å²) in [7, 11) is 0. The first kappa shape index (κ1) is 19.4. The van der Waals surface area contributed by atoms with Crippen molar-refractivity contribution >= 4 is 45.0 Å². The summed E-state index contributed by atoms with van der Waals surface area (Å²) in [6.07, 6.45) is 0. The minimum atomic E-state index is -1.06. The molecule has 0 saturated carbocycles. The molecule has 4 nitrogen and oxygen atoms in total. The average molecular weight is 425 g/mol. The first-order valence-electron chi connectivity index (χ1n) is 8.92. The second-order valence-corrected chi connectivity index (χ2v) is 8.21. The largest absolute Gasteiger partial charge is 0.478 e. The Balaban J connectivity index is 1.71. The van der Waals surface area contributed by atoms with Crippen molar-refractivity contribution < 1.29 is 14.3 Å². The Labute approximate surface area is 175 Å². The summed E-state index contributed by atoms with van der Waals surface area (Å²) in [5, 5.41) is 15.4. The van der Waals surface area contributed by atoms with Crippen molar-refractivity contribution in [3.63, 3.8) is 0 Å². The van der Waals surface area contributed by atoms with Gasteiger partial charge in [0.25, 0.3) is 0 Å². The predicted molar refractivity (Wildman–Crippen MR) is 116 cm³/mol. The second kappa shape index (κ2) is 8.63. The lowest BCUT2D eigenvalue weighted by Gasteiger charge is -2.14. The molecule has 146 valence electrons. The van der Waals surface area contributed by atoms with Gasteiger partial charge in [-0.3, -0.25) is 0 Å². The number of fused-ring (bicyclic) bond motifs is 1. The fourth-order valence-electron chi connectivity index (χ4n) is 2.99. The summed E-state index contributed by atoms with van der Waals surface area (Å²) in [6, 6.07) is 18.2. The summed E-state index contributed by atoms with van der Waals surface area (Å²) >= 11 is 2.80. The van der Waals surface area contributed by atoms with Gasteiger partial charge in [-0.05, 0) is 23.1 Å². The molecule has 0 aliphatic rings. The smallest absolute Gasteiger partial charge is 0.340 e. The molecule has 4 rings (SSSR count). The molecular formula is C22H17FN2O2S2. The van der Waals surface area contributed by atoms with Gasteiger partial charge in [0.15, 0.2) is 0 Å². The molecule has 7 heteroatoms. The number of halogens is 1.